The third kappa shape index (κ3) is 4.36. The van der Waals surface area contributed by atoms with Gasteiger partial charge in [-0.2, -0.15) is 18.3 Å². The van der Waals surface area contributed by atoms with E-state index < -0.39 is 41.1 Å². The number of hydrogen-bond acceptors (Lipinski definition) is 5. The molecule has 0 fully saturated rings. The Morgan fingerprint density at radius 3 is 2.57 bits per heavy atom. The summed E-state index contributed by atoms with van der Waals surface area (Å²) in [6.07, 6.45) is -1.91. The van der Waals surface area contributed by atoms with E-state index >= 15 is 0 Å². The lowest BCUT2D eigenvalue weighted by atomic mass is 10.0. The normalized spacial score (nSPS) is 11.7. The molecule has 4 rings (SSSR count). The van der Waals surface area contributed by atoms with Crippen molar-refractivity contribution in [2.24, 2.45) is 7.05 Å². The molecule has 0 radical (unpaired) electrons. The van der Waals surface area contributed by atoms with Crippen LogP contribution < -0.4 is 11.2 Å². The minimum atomic E-state index is -4.60. The van der Waals surface area contributed by atoms with E-state index in [1.165, 1.54) is 19.1 Å². The van der Waals surface area contributed by atoms with Gasteiger partial charge >= 0.3 is 17.8 Å². The van der Waals surface area contributed by atoms with Crippen LogP contribution in [0.4, 0.5) is 13.2 Å². The van der Waals surface area contributed by atoms with E-state index in [0.29, 0.717) is 11.1 Å². The molecule has 0 aliphatic carbocycles. The summed E-state index contributed by atoms with van der Waals surface area (Å²) in [7, 11) is 1.75. The van der Waals surface area contributed by atoms with Crippen LogP contribution >= 0.6 is 0 Å². The van der Waals surface area contributed by atoms with Gasteiger partial charge in [0.1, 0.15) is 5.56 Å². The summed E-state index contributed by atoms with van der Waals surface area (Å²) in [4.78, 5) is 39.0. The Kier molecular flexibility index (Phi) is 6.10. The monoisotopic (exact) mass is 486 g/mol. The number of carbonyl (C=O) groups excluding carboxylic acids is 1. The minimum absolute atomic E-state index is 0.00815. The average Bonchev–Trinajstić information content (AvgIpc) is 3.17. The molecule has 8 nitrogen and oxygen atoms in total. The van der Waals surface area contributed by atoms with Gasteiger partial charge in [-0.05, 0) is 49.2 Å². The number of benzene rings is 2. The standard InChI is InChI=1S/C24H21F3N4O4/c1-4-35-22(33)18-13-30(17-8-9-20-16(10-17)11-28-29(20)3)23(34)31(21(18)32)12-15-6-5-7-19(14(15)2)24(25,26)27/h5-11,13H,4,12H2,1-3H3. The lowest BCUT2D eigenvalue weighted by molar-refractivity contribution is -0.138. The van der Waals surface area contributed by atoms with E-state index in [1.807, 2.05) is 0 Å². The SMILES string of the molecule is CCOC(=O)c1cn(-c2ccc3c(cnn3C)c2)c(=O)n(Cc2cccc(C(F)(F)F)c2C)c1=O. The summed E-state index contributed by atoms with van der Waals surface area (Å²) in [5.74, 6) is -0.941. The number of fused-ring (bicyclic) bond motifs is 1. The molecule has 0 bridgehead atoms. The van der Waals surface area contributed by atoms with E-state index in [0.717, 1.165) is 26.9 Å². The number of rotatable bonds is 5. The zero-order valence-corrected chi connectivity index (χ0v) is 19.1. The van der Waals surface area contributed by atoms with Crippen molar-refractivity contribution in [3.05, 3.63) is 91.9 Å². The molecule has 0 saturated heterocycles. The van der Waals surface area contributed by atoms with E-state index in [9.17, 15) is 27.6 Å². The molecule has 2 heterocycles. The van der Waals surface area contributed by atoms with Gasteiger partial charge in [0.05, 0.1) is 36.1 Å². The van der Waals surface area contributed by atoms with Crippen molar-refractivity contribution >= 4 is 16.9 Å². The van der Waals surface area contributed by atoms with Crippen LogP contribution in [0.2, 0.25) is 0 Å². The number of aryl methyl sites for hydroxylation is 1. The fraction of sp³-hybridized carbons (Fsp3) is 0.250. The Hall–Kier alpha value is -4.15. The van der Waals surface area contributed by atoms with Crippen LogP contribution in [0.15, 0.2) is 58.4 Å². The van der Waals surface area contributed by atoms with Crippen molar-refractivity contribution < 1.29 is 22.7 Å². The highest BCUT2D eigenvalue weighted by Gasteiger charge is 2.33. The van der Waals surface area contributed by atoms with Crippen LogP contribution in [-0.2, 0) is 24.5 Å². The minimum Gasteiger partial charge on any atom is -0.462 e. The first-order valence-electron chi connectivity index (χ1n) is 10.6. The van der Waals surface area contributed by atoms with Gasteiger partial charge in [-0.3, -0.25) is 18.6 Å². The molecular formula is C24H21F3N4O4. The van der Waals surface area contributed by atoms with Gasteiger partial charge in [-0.25, -0.2) is 9.59 Å². The van der Waals surface area contributed by atoms with E-state index in [-0.39, 0.29) is 17.7 Å². The number of aromatic nitrogens is 4. The van der Waals surface area contributed by atoms with Crippen molar-refractivity contribution in [2.75, 3.05) is 6.61 Å². The van der Waals surface area contributed by atoms with E-state index in [1.54, 1.807) is 43.0 Å². The van der Waals surface area contributed by atoms with Crippen molar-refractivity contribution in [1.29, 1.82) is 0 Å². The fourth-order valence-electron chi connectivity index (χ4n) is 3.91. The zero-order valence-electron chi connectivity index (χ0n) is 19.1. The number of esters is 1. The highest BCUT2D eigenvalue weighted by Crippen LogP contribution is 2.33. The van der Waals surface area contributed by atoms with Gasteiger partial charge < -0.3 is 4.74 Å². The maximum absolute atomic E-state index is 13.4. The van der Waals surface area contributed by atoms with Gasteiger partial charge in [0, 0.05) is 18.6 Å². The maximum Gasteiger partial charge on any atom is 0.416 e. The molecule has 4 aromatic rings. The van der Waals surface area contributed by atoms with Crippen molar-refractivity contribution in [3.63, 3.8) is 0 Å². The first-order valence-corrected chi connectivity index (χ1v) is 10.6. The largest absolute Gasteiger partial charge is 0.462 e. The van der Waals surface area contributed by atoms with Gasteiger partial charge in [-0.15, -0.1) is 0 Å². The number of carbonyl (C=O) groups is 1. The first kappa shape index (κ1) is 24.0. The summed E-state index contributed by atoms with van der Waals surface area (Å²) in [6.45, 7) is 2.36. The Labute approximate surface area is 196 Å². The average molecular weight is 486 g/mol. The Morgan fingerprint density at radius 1 is 1.14 bits per heavy atom. The maximum atomic E-state index is 13.4. The second-order valence-corrected chi connectivity index (χ2v) is 7.91. The number of hydrogen-bond donors (Lipinski definition) is 0. The van der Waals surface area contributed by atoms with Crippen molar-refractivity contribution in [1.82, 2.24) is 18.9 Å². The Balaban J connectivity index is 1.93. The lowest BCUT2D eigenvalue weighted by Crippen LogP contribution is -2.42. The van der Waals surface area contributed by atoms with Crippen LogP contribution in [0.1, 0.15) is 34.0 Å². The number of halogens is 3. The summed E-state index contributed by atoms with van der Waals surface area (Å²) in [5.41, 5.74) is -1.91. The summed E-state index contributed by atoms with van der Waals surface area (Å²) in [5, 5.41) is 4.87. The fourth-order valence-corrected chi connectivity index (χ4v) is 3.91. The molecule has 11 heteroatoms. The summed E-state index contributed by atoms with van der Waals surface area (Å²) < 4.78 is 48.6. The predicted molar refractivity (Wildman–Crippen MR) is 122 cm³/mol. The molecule has 0 saturated carbocycles. The van der Waals surface area contributed by atoms with Crippen molar-refractivity contribution in [2.45, 2.75) is 26.6 Å². The molecule has 0 aliphatic heterocycles. The third-order valence-electron chi connectivity index (χ3n) is 5.75. The van der Waals surface area contributed by atoms with Crippen molar-refractivity contribution in [3.8, 4) is 5.69 Å². The van der Waals surface area contributed by atoms with Crippen LogP contribution in [0.5, 0.6) is 0 Å². The van der Waals surface area contributed by atoms with E-state index in [2.05, 4.69) is 5.10 Å². The molecule has 182 valence electrons. The second-order valence-electron chi connectivity index (χ2n) is 7.91. The van der Waals surface area contributed by atoms with E-state index in [4.69, 9.17) is 4.74 Å². The molecule has 0 amide bonds. The lowest BCUT2D eigenvalue weighted by Gasteiger charge is -2.16. The Morgan fingerprint density at radius 2 is 1.89 bits per heavy atom. The molecule has 2 aromatic heterocycles. The highest BCUT2D eigenvalue weighted by molar-refractivity contribution is 5.88. The quantitative estimate of drug-likeness (QED) is 0.404. The van der Waals surface area contributed by atoms with Crippen LogP contribution in [-0.4, -0.2) is 31.5 Å². The van der Waals surface area contributed by atoms with Crippen LogP contribution in [0, 0.1) is 6.92 Å². The molecule has 35 heavy (non-hydrogen) atoms. The molecule has 0 atom stereocenters. The Bertz CT molecular complexity index is 1560. The predicted octanol–water partition coefficient (Wildman–Crippen LogP) is 3.44. The summed E-state index contributed by atoms with van der Waals surface area (Å²) in [6, 6.07) is 8.53. The second kappa shape index (κ2) is 8.90. The molecular weight excluding hydrogens is 465 g/mol. The van der Waals surface area contributed by atoms with Gasteiger partial charge in [0.15, 0.2) is 0 Å². The van der Waals surface area contributed by atoms with Crippen LogP contribution in [0.25, 0.3) is 16.6 Å². The molecule has 0 spiro atoms. The molecule has 0 N–H and O–H groups in total. The number of alkyl halides is 3. The molecule has 0 unspecified atom stereocenters. The molecule has 0 aliphatic rings. The van der Waals surface area contributed by atoms with Gasteiger partial charge in [0.25, 0.3) is 5.56 Å². The zero-order chi connectivity index (χ0) is 25.5. The summed E-state index contributed by atoms with van der Waals surface area (Å²) >= 11 is 0. The van der Waals surface area contributed by atoms with Gasteiger partial charge in [0.2, 0.25) is 0 Å². The smallest absolute Gasteiger partial charge is 0.416 e. The topological polar surface area (TPSA) is 88.1 Å². The van der Waals surface area contributed by atoms with Gasteiger partial charge in [-0.1, -0.05) is 12.1 Å². The number of ether oxygens (including phenoxy) is 1. The number of nitrogens with zero attached hydrogens (tertiary/aromatic N) is 4. The van der Waals surface area contributed by atoms with Crippen LogP contribution in [0.3, 0.4) is 0 Å². The molecule has 2 aromatic carbocycles. The first-order chi connectivity index (χ1) is 16.5. The third-order valence-corrected chi connectivity index (χ3v) is 5.75. The highest BCUT2D eigenvalue weighted by atomic mass is 19.4.